The summed E-state index contributed by atoms with van der Waals surface area (Å²) in [6.45, 7) is 9.65. The van der Waals surface area contributed by atoms with Gasteiger partial charge in [0, 0.05) is 6.04 Å². The fraction of sp³-hybridized carbons (Fsp3) is 1.00. The Morgan fingerprint density at radius 3 is 2.57 bits per heavy atom. The van der Waals surface area contributed by atoms with Crippen molar-refractivity contribution in [3.8, 4) is 0 Å². The molecule has 0 aliphatic carbocycles. The summed E-state index contributed by atoms with van der Waals surface area (Å²) in [6, 6.07) is 0.806. The molecule has 1 atom stereocenters. The third-order valence-corrected chi connectivity index (χ3v) is 3.17. The molecule has 1 N–H and O–H groups in total. The molecular weight excluding hydrogens is 172 g/mol. The van der Waals surface area contributed by atoms with Crippen LogP contribution in [-0.4, -0.2) is 37.1 Å². The van der Waals surface area contributed by atoms with Crippen molar-refractivity contribution in [3.05, 3.63) is 0 Å². The molecule has 1 aliphatic heterocycles. The Kier molecular flexibility index (Phi) is 6.20. The molecule has 1 heterocycles. The van der Waals surface area contributed by atoms with E-state index >= 15 is 0 Å². The molecule has 1 rings (SSSR count). The maximum absolute atomic E-state index is 3.46. The average molecular weight is 198 g/mol. The Balaban J connectivity index is 1.94. The minimum Gasteiger partial charge on any atom is -0.317 e. The van der Waals surface area contributed by atoms with Crippen LogP contribution in [0.2, 0.25) is 0 Å². The molecule has 2 nitrogen and oxygen atoms in total. The van der Waals surface area contributed by atoms with Crippen LogP contribution in [0.5, 0.6) is 0 Å². The quantitative estimate of drug-likeness (QED) is 0.631. The average Bonchev–Trinajstić information content (AvgIpc) is 2.70. The Morgan fingerprint density at radius 2 is 1.93 bits per heavy atom. The van der Waals surface area contributed by atoms with Crippen molar-refractivity contribution >= 4 is 0 Å². The Morgan fingerprint density at radius 1 is 1.21 bits per heavy atom. The summed E-state index contributed by atoms with van der Waals surface area (Å²) in [5, 5.41) is 3.46. The zero-order chi connectivity index (χ0) is 10.2. The first-order valence-electron chi connectivity index (χ1n) is 6.29. The van der Waals surface area contributed by atoms with Gasteiger partial charge in [-0.2, -0.15) is 0 Å². The Bertz CT molecular complexity index is 130. The number of nitrogens with zero attached hydrogens (tertiary/aromatic N) is 1. The number of hydrogen-bond donors (Lipinski definition) is 1. The van der Waals surface area contributed by atoms with Gasteiger partial charge < -0.3 is 10.2 Å². The Hall–Kier alpha value is -0.0800. The summed E-state index contributed by atoms with van der Waals surface area (Å²) >= 11 is 0. The number of likely N-dealkylation sites (tertiary alicyclic amines) is 1. The van der Waals surface area contributed by atoms with Gasteiger partial charge in [0.05, 0.1) is 0 Å². The van der Waals surface area contributed by atoms with Gasteiger partial charge in [0.25, 0.3) is 0 Å². The highest BCUT2D eigenvalue weighted by Crippen LogP contribution is 2.14. The maximum Gasteiger partial charge on any atom is 0.00674 e. The minimum absolute atomic E-state index is 0.806. The molecule has 1 saturated heterocycles. The van der Waals surface area contributed by atoms with Gasteiger partial charge in [0.15, 0.2) is 0 Å². The highest BCUT2D eigenvalue weighted by molar-refractivity contribution is 4.72. The van der Waals surface area contributed by atoms with Gasteiger partial charge in [-0.15, -0.1) is 0 Å². The van der Waals surface area contributed by atoms with E-state index < -0.39 is 0 Å². The van der Waals surface area contributed by atoms with Gasteiger partial charge in [-0.1, -0.05) is 6.92 Å². The fourth-order valence-corrected chi connectivity index (χ4v) is 2.19. The van der Waals surface area contributed by atoms with Crippen LogP contribution in [0.3, 0.4) is 0 Å². The smallest absolute Gasteiger partial charge is 0.00674 e. The topological polar surface area (TPSA) is 15.3 Å². The van der Waals surface area contributed by atoms with E-state index in [1.807, 2.05) is 0 Å². The molecule has 84 valence electrons. The first-order chi connectivity index (χ1) is 6.84. The van der Waals surface area contributed by atoms with E-state index in [2.05, 4.69) is 24.1 Å². The van der Waals surface area contributed by atoms with E-state index in [4.69, 9.17) is 0 Å². The maximum atomic E-state index is 3.46. The zero-order valence-electron chi connectivity index (χ0n) is 9.89. The zero-order valence-corrected chi connectivity index (χ0v) is 9.89. The molecule has 14 heavy (non-hydrogen) atoms. The van der Waals surface area contributed by atoms with Crippen molar-refractivity contribution in [1.82, 2.24) is 10.2 Å². The molecular formula is C12H26N2. The summed E-state index contributed by atoms with van der Waals surface area (Å²) in [7, 11) is 0. The molecule has 0 saturated carbocycles. The van der Waals surface area contributed by atoms with Crippen LogP contribution in [-0.2, 0) is 0 Å². The van der Waals surface area contributed by atoms with Crippen LogP contribution in [0, 0.1) is 0 Å². The molecule has 0 aromatic rings. The lowest BCUT2D eigenvalue weighted by Crippen LogP contribution is -2.30. The summed E-state index contributed by atoms with van der Waals surface area (Å²) in [5.41, 5.74) is 0. The van der Waals surface area contributed by atoms with Gasteiger partial charge in [0.1, 0.15) is 0 Å². The van der Waals surface area contributed by atoms with Crippen LogP contribution >= 0.6 is 0 Å². The first kappa shape index (κ1) is 12.0. The van der Waals surface area contributed by atoms with E-state index in [0.29, 0.717) is 0 Å². The monoisotopic (exact) mass is 198 g/mol. The Labute approximate surface area is 89.1 Å². The van der Waals surface area contributed by atoms with Gasteiger partial charge in [0.2, 0.25) is 0 Å². The normalized spacial score (nSPS) is 20.1. The number of rotatable bonds is 7. The van der Waals surface area contributed by atoms with Crippen molar-refractivity contribution in [2.45, 2.75) is 52.0 Å². The summed E-state index contributed by atoms with van der Waals surface area (Å²) in [5.74, 6) is 0. The van der Waals surface area contributed by atoms with Gasteiger partial charge in [-0.3, -0.25) is 0 Å². The van der Waals surface area contributed by atoms with Crippen LogP contribution in [0.25, 0.3) is 0 Å². The minimum atomic E-state index is 0.806. The predicted molar refractivity (Wildman–Crippen MR) is 62.7 cm³/mol. The van der Waals surface area contributed by atoms with Crippen LogP contribution in [0.15, 0.2) is 0 Å². The molecule has 1 aliphatic rings. The summed E-state index contributed by atoms with van der Waals surface area (Å²) < 4.78 is 0. The second-order valence-electron chi connectivity index (χ2n) is 4.48. The van der Waals surface area contributed by atoms with E-state index in [1.165, 1.54) is 58.3 Å². The number of nitrogens with one attached hydrogen (secondary N) is 1. The molecule has 0 amide bonds. The number of hydrogen-bond acceptors (Lipinski definition) is 2. The molecule has 0 aromatic carbocycles. The largest absolute Gasteiger partial charge is 0.317 e. The molecule has 2 heteroatoms. The van der Waals surface area contributed by atoms with Crippen LogP contribution in [0.1, 0.15) is 46.0 Å². The second kappa shape index (κ2) is 7.24. The van der Waals surface area contributed by atoms with Gasteiger partial charge >= 0.3 is 0 Å². The molecule has 0 spiro atoms. The molecule has 0 radical (unpaired) electrons. The fourth-order valence-electron chi connectivity index (χ4n) is 2.19. The highest BCUT2D eigenvalue weighted by atomic mass is 15.2. The lowest BCUT2D eigenvalue weighted by molar-refractivity contribution is 0.243. The SMILES string of the molecule is CCCNCCCC(C)N1CCCC1. The standard InChI is InChI=1S/C12H26N2/c1-3-8-13-9-6-7-12(2)14-10-4-5-11-14/h12-13H,3-11H2,1-2H3. The van der Waals surface area contributed by atoms with E-state index in [-0.39, 0.29) is 0 Å². The van der Waals surface area contributed by atoms with Gasteiger partial charge in [-0.25, -0.2) is 0 Å². The molecule has 1 fully saturated rings. The van der Waals surface area contributed by atoms with E-state index in [0.717, 1.165) is 6.04 Å². The predicted octanol–water partition coefficient (Wildman–Crippen LogP) is 2.25. The van der Waals surface area contributed by atoms with Crippen molar-refractivity contribution < 1.29 is 0 Å². The third kappa shape index (κ3) is 4.43. The highest BCUT2D eigenvalue weighted by Gasteiger charge is 2.16. The van der Waals surface area contributed by atoms with E-state index in [1.54, 1.807) is 0 Å². The lowest BCUT2D eigenvalue weighted by atomic mass is 10.1. The van der Waals surface area contributed by atoms with Gasteiger partial charge in [-0.05, 0) is 65.2 Å². The van der Waals surface area contributed by atoms with E-state index in [9.17, 15) is 0 Å². The second-order valence-corrected chi connectivity index (χ2v) is 4.48. The van der Waals surface area contributed by atoms with Crippen molar-refractivity contribution in [3.63, 3.8) is 0 Å². The molecule has 0 bridgehead atoms. The summed E-state index contributed by atoms with van der Waals surface area (Å²) in [6.07, 6.45) is 6.77. The van der Waals surface area contributed by atoms with Crippen molar-refractivity contribution in [2.75, 3.05) is 26.2 Å². The third-order valence-electron chi connectivity index (χ3n) is 3.17. The van der Waals surface area contributed by atoms with Crippen LogP contribution in [0.4, 0.5) is 0 Å². The molecule has 0 aromatic heterocycles. The van der Waals surface area contributed by atoms with Crippen molar-refractivity contribution in [2.24, 2.45) is 0 Å². The lowest BCUT2D eigenvalue weighted by Gasteiger charge is -2.23. The molecule has 1 unspecified atom stereocenters. The first-order valence-corrected chi connectivity index (χ1v) is 6.29. The summed E-state index contributed by atoms with van der Waals surface area (Å²) in [4.78, 5) is 2.64. The van der Waals surface area contributed by atoms with Crippen LogP contribution < -0.4 is 5.32 Å². The van der Waals surface area contributed by atoms with Crippen molar-refractivity contribution in [1.29, 1.82) is 0 Å².